The molecule has 1 aromatic rings. The Hall–Kier alpha value is -0.900. The maximum absolute atomic E-state index is 11.8. The zero-order chi connectivity index (χ0) is 10.1. The summed E-state index contributed by atoms with van der Waals surface area (Å²) in [4.78, 5) is 0. The van der Waals surface area contributed by atoms with Crippen LogP contribution in [0.3, 0.4) is 0 Å². The lowest BCUT2D eigenvalue weighted by atomic mass is 10.2. The Morgan fingerprint density at radius 1 is 1.31 bits per heavy atom. The molecule has 0 aliphatic carbocycles. The molecule has 0 aromatic heterocycles. The first-order valence-electron chi connectivity index (χ1n) is 3.26. The van der Waals surface area contributed by atoms with Crippen LogP contribution in [0.4, 0.5) is 13.2 Å². The van der Waals surface area contributed by atoms with Gasteiger partial charge in [0.15, 0.2) is 0 Å². The highest BCUT2D eigenvalue weighted by molar-refractivity contribution is 6.32. The third-order valence-corrected chi connectivity index (χ3v) is 1.53. The molecular weight excluding hydrogens is 205 g/mol. The summed E-state index contributed by atoms with van der Waals surface area (Å²) in [6.07, 6.45) is -4.72. The highest BCUT2D eigenvalue weighted by Gasteiger charge is 2.31. The number of halogens is 4. The Morgan fingerprint density at radius 3 is 2.46 bits per heavy atom. The number of hydrogen-bond acceptors (Lipinski definition) is 1. The zero-order valence-corrected chi connectivity index (χ0v) is 7.12. The first kappa shape index (κ1) is 10.2. The van der Waals surface area contributed by atoms with Crippen LogP contribution in [-0.4, -0.2) is 6.36 Å². The number of ether oxygens (including phenoxy) is 1. The smallest absolute Gasteiger partial charge is 0.404 e. The van der Waals surface area contributed by atoms with Gasteiger partial charge in [0.1, 0.15) is 5.75 Å². The normalized spacial score (nSPS) is 11.5. The highest BCUT2D eigenvalue weighted by Crippen LogP contribution is 2.30. The molecule has 0 aliphatic rings. The van der Waals surface area contributed by atoms with Crippen LogP contribution in [-0.2, 0) is 0 Å². The van der Waals surface area contributed by atoms with E-state index < -0.39 is 12.1 Å². The second-order valence-electron chi connectivity index (χ2n) is 2.31. The van der Waals surface area contributed by atoms with Crippen LogP contribution < -0.4 is 4.74 Å². The molecule has 1 nitrogen and oxygen atoms in total. The van der Waals surface area contributed by atoms with Crippen molar-refractivity contribution in [2.75, 3.05) is 0 Å². The van der Waals surface area contributed by atoms with Gasteiger partial charge in [0, 0.05) is 0 Å². The van der Waals surface area contributed by atoms with Crippen molar-refractivity contribution in [2.24, 2.45) is 0 Å². The van der Waals surface area contributed by atoms with Gasteiger partial charge in [-0.15, -0.1) is 13.2 Å². The van der Waals surface area contributed by atoms with Crippen LogP contribution in [0.1, 0.15) is 5.56 Å². The van der Waals surface area contributed by atoms with Gasteiger partial charge in [-0.05, 0) is 24.6 Å². The fraction of sp³-hybridized carbons (Fsp3) is 0.125. The van der Waals surface area contributed by atoms with Gasteiger partial charge in [-0.3, -0.25) is 0 Å². The van der Waals surface area contributed by atoms with Crippen molar-refractivity contribution in [1.29, 1.82) is 0 Å². The minimum atomic E-state index is -4.72. The van der Waals surface area contributed by atoms with Gasteiger partial charge in [0.05, 0.1) is 5.02 Å². The van der Waals surface area contributed by atoms with E-state index in [0.717, 1.165) is 6.07 Å². The summed E-state index contributed by atoms with van der Waals surface area (Å²) in [5, 5.41) is -0.0928. The van der Waals surface area contributed by atoms with E-state index in [1.54, 1.807) is 0 Å². The summed E-state index contributed by atoms with van der Waals surface area (Å²) in [6.45, 7) is 3.45. The Morgan fingerprint density at radius 2 is 1.92 bits per heavy atom. The Balaban J connectivity index is 2.94. The average molecular weight is 210 g/mol. The Bertz CT molecular complexity index is 309. The molecule has 1 aromatic carbocycles. The SMILES string of the molecule is [CH2]c1ccc(Cl)c(OC(F)(F)F)c1. The van der Waals surface area contributed by atoms with E-state index in [0.29, 0.717) is 5.56 Å². The molecule has 0 heterocycles. The first-order valence-corrected chi connectivity index (χ1v) is 3.63. The predicted molar refractivity (Wildman–Crippen MR) is 42.6 cm³/mol. The molecule has 13 heavy (non-hydrogen) atoms. The summed E-state index contributed by atoms with van der Waals surface area (Å²) in [6, 6.07) is 3.91. The summed E-state index contributed by atoms with van der Waals surface area (Å²) in [5.41, 5.74) is 0.406. The Kier molecular flexibility index (Phi) is 2.71. The first-order chi connectivity index (χ1) is 5.88. The second kappa shape index (κ2) is 3.46. The summed E-state index contributed by atoms with van der Waals surface area (Å²) >= 11 is 5.45. The third kappa shape index (κ3) is 3.14. The molecule has 0 saturated carbocycles. The van der Waals surface area contributed by atoms with Gasteiger partial charge >= 0.3 is 6.36 Å². The van der Waals surface area contributed by atoms with E-state index in [2.05, 4.69) is 11.7 Å². The van der Waals surface area contributed by atoms with Gasteiger partial charge in [0.2, 0.25) is 0 Å². The van der Waals surface area contributed by atoms with Gasteiger partial charge in [-0.1, -0.05) is 17.7 Å². The minimum Gasteiger partial charge on any atom is -0.404 e. The zero-order valence-electron chi connectivity index (χ0n) is 6.36. The standard InChI is InChI=1S/C8H5ClF3O/c1-5-2-3-6(9)7(4-5)13-8(10,11)12/h2-4H,1H2. The van der Waals surface area contributed by atoms with Crippen LogP contribution in [0, 0.1) is 6.92 Å². The average Bonchev–Trinajstić information content (AvgIpc) is 1.94. The summed E-state index contributed by atoms with van der Waals surface area (Å²) < 4.78 is 38.9. The van der Waals surface area contributed by atoms with Crippen LogP contribution in [0.2, 0.25) is 5.02 Å². The van der Waals surface area contributed by atoms with Crippen molar-refractivity contribution >= 4 is 11.6 Å². The van der Waals surface area contributed by atoms with E-state index in [1.165, 1.54) is 12.1 Å². The van der Waals surface area contributed by atoms with E-state index in [4.69, 9.17) is 11.6 Å². The van der Waals surface area contributed by atoms with Gasteiger partial charge in [0.25, 0.3) is 0 Å². The Labute approximate surface area is 78.1 Å². The van der Waals surface area contributed by atoms with Crippen LogP contribution in [0.5, 0.6) is 5.75 Å². The fourth-order valence-electron chi connectivity index (χ4n) is 0.751. The molecule has 0 unspecified atom stereocenters. The molecule has 0 amide bonds. The van der Waals surface area contributed by atoms with Crippen LogP contribution in [0.15, 0.2) is 18.2 Å². The highest BCUT2D eigenvalue weighted by atomic mass is 35.5. The van der Waals surface area contributed by atoms with Crippen molar-refractivity contribution in [2.45, 2.75) is 6.36 Å². The topological polar surface area (TPSA) is 9.23 Å². The monoisotopic (exact) mass is 209 g/mol. The maximum atomic E-state index is 11.8. The summed E-state index contributed by atoms with van der Waals surface area (Å²) in [5.74, 6) is -0.429. The van der Waals surface area contributed by atoms with E-state index >= 15 is 0 Å². The molecule has 0 aliphatic heterocycles. The van der Waals surface area contributed by atoms with E-state index in [-0.39, 0.29) is 5.02 Å². The maximum Gasteiger partial charge on any atom is 0.573 e. The largest absolute Gasteiger partial charge is 0.573 e. The number of rotatable bonds is 1. The lowest BCUT2D eigenvalue weighted by molar-refractivity contribution is -0.274. The third-order valence-electron chi connectivity index (χ3n) is 1.22. The number of hydrogen-bond donors (Lipinski definition) is 0. The predicted octanol–water partition coefficient (Wildman–Crippen LogP) is 3.42. The molecule has 0 bridgehead atoms. The lowest BCUT2D eigenvalue weighted by Crippen LogP contribution is -2.17. The van der Waals surface area contributed by atoms with E-state index in [9.17, 15) is 13.2 Å². The van der Waals surface area contributed by atoms with Crippen molar-refractivity contribution < 1.29 is 17.9 Å². The molecule has 0 atom stereocenters. The molecule has 0 spiro atoms. The van der Waals surface area contributed by atoms with Crippen LogP contribution in [0.25, 0.3) is 0 Å². The molecule has 1 rings (SSSR count). The molecule has 5 heteroatoms. The second-order valence-corrected chi connectivity index (χ2v) is 2.72. The minimum absolute atomic E-state index is 0.0928. The van der Waals surface area contributed by atoms with E-state index in [1.807, 2.05) is 0 Å². The van der Waals surface area contributed by atoms with Crippen molar-refractivity contribution in [3.05, 3.63) is 35.7 Å². The molecule has 71 valence electrons. The van der Waals surface area contributed by atoms with Gasteiger partial charge < -0.3 is 4.74 Å². The van der Waals surface area contributed by atoms with Gasteiger partial charge in [-0.25, -0.2) is 0 Å². The van der Waals surface area contributed by atoms with Crippen molar-refractivity contribution in [1.82, 2.24) is 0 Å². The number of benzene rings is 1. The molecular formula is C8H5ClF3O. The number of alkyl halides is 3. The molecule has 0 fully saturated rings. The molecule has 0 saturated heterocycles. The van der Waals surface area contributed by atoms with Crippen LogP contribution >= 0.6 is 11.6 Å². The lowest BCUT2D eigenvalue weighted by Gasteiger charge is -2.10. The van der Waals surface area contributed by atoms with Crippen molar-refractivity contribution in [3.63, 3.8) is 0 Å². The summed E-state index contributed by atoms with van der Waals surface area (Å²) in [7, 11) is 0. The van der Waals surface area contributed by atoms with Crippen molar-refractivity contribution in [3.8, 4) is 5.75 Å². The van der Waals surface area contributed by atoms with Gasteiger partial charge in [-0.2, -0.15) is 0 Å². The molecule has 1 radical (unpaired) electrons. The fourth-order valence-corrected chi connectivity index (χ4v) is 0.907. The quantitative estimate of drug-likeness (QED) is 0.689. The molecule has 0 N–H and O–H groups in total.